The van der Waals surface area contributed by atoms with Crippen LogP contribution >= 0.6 is 11.6 Å². The van der Waals surface area contributed by atoms with Gasteiger partial charge in [-0.3, -0.25) is 0 Å². The maximum absolute atomic E-state index is 11.6. The summed E-state index contributed by atoms with van der Waals surface area (Å²) in [5.41, 5.74) is 0.315. The number of hydrogen-bond donors (Lipinski definition) is 3. The number of amides is 2. The third-order valence-corrected chi connectivity index (χ3v) is 3.37. The van der Waals surface area contributed by atoms with E-state index in [0.29, 0.717) is 24.8 Å². The molecule has 0 spiro atoms. The zero-order valence-corrected chi connectivity index (χ0v) is 12.2. The van der Waals surface area contributed by atoms with Gasteiger partial charge in [0.15, 0.2) is 0 Å². The second-order valence-corrected chi connectivity index (χ2v) is 5.31. The number of hydrogen-bond acceptors (Lipinski definition) is 3. The lowest BCUT2D eigenvalue weighted by Gasteiger charge is -2.09. The topological polar surface area (TPSA) is 87.7 Å². The van der Waals surface area contributed by atoms with Crippen LogP contribution in [0.25, 0.3) is 0 Å². The van der Waals surface area contributed by atoms with Gasteiger partial charge in [-0.15, -0.1) is 0 Å². The Labute approximate surface area is 127 Å². The number of urea groups is 1. The predicted molar refractivity (Wildman–Crippen MR) is 79.0 cm³/mol. The largest absolute Gasteiger partial charge is 0.478 e. The summed E-state index contributed by atoms with van der Waals surface area (Å²) in [7, 11) is 0. The fourth-order valence-corrected chi connectivity index (χ4v) is 1.91. The molecule has 1 saturated carbocycles. The van der Waals surface area contributed by atoms with E-state index in [4.69, 9.17) is 21.4 Å². The molecule has 7 heteroatoms. The minimum absolute atomic E-state index is 0.0535. The van der Waals surface area contributed by atoms with E-state index in [1.54, 1.807) is 0 Å². The quantitative estimate of drug-likeness (QED) is 0.675. The Balaban J connectivity index is 1.73. The number of nitrogens with one attached hydrogen (secondary N) is 2. The van der Waals surface area contributed by atoms with Crippen molar-refractivity contribution in [3.63, 3.8) is 0 Å². The Morgan fingerprint density at radius 1 is 1.38 bits per heavy atom. The Hall–Kier alpha value is -1.79. The van der Waals surface area contributed by atoms with Gasteiger partial charge in [0.1, 0.15) is 0 Å². The number of ether oxygens (including phenoxy) is 1. The Kier molecular flexibility index (Phi) is 5.41. The van der Waals surface area contributed by atoms with Gasteiger partial charge < -0.3 is 20.5 Å². The Morgan fingerprint density at radius 2 is 2.14 bits per heavy atom. The normalized spacial score (nSPS) is 13.8. The van der Waals surface area contributed by atoms with Crippen LogP contribution in [0.4, 0.5) is 10.5 Å². The van der Waals surface area contributed by atoms with Crippen LogP contribution in [0.2, 0.25) is 5.02 Å². The van der Waals surface area contributed by atoms with Gasteiger partial charge in [0, 0.05) is 18.8 Å². The Morgan fingerprint density at radius 3 is 2.81 bits per heavy atom. The zero-order valence-electron chi connectivity index (χ0n) is 11.4. The van der Waals surface area contributed by atoms with Crippen molar-refractivity contribution in [1.82, 2.24) is 5.32 Å². The van der Waals surface area contributed by atoms with Gasteiger partial charge in [-0.2, -0.15) is 0 Å². The first kappa shape index (κ1) is 15.6. The molecule has 1 aliphatic rings. The van der Waals surface area contributed by atoms with Crippen LogP contribution in [0, 0.1) is 5.92 Å². The number of carbonyl (C=O) groups excluding carboxylic acids is 1. The molecule has 0 bridgehead atoms. The van der Waals surface area contributed by atoms with Crippen LogP contribution < -0.4 is 10.6 Å². The van der Waals surface area contributed by atoms with E-state index in [9.17, 15) is 9.59 Å². The number of aromatic carboxylic acids is 1. The van der Waals surface area contributed by atoms with E-state index in [2.05, 4.69) is 10.6 Å². The lowest BCUT2D eigenvalue weighted by Crippen LogP contribution is -2.31. The zero-order chi connectivity index (χ0) is 15.2. The van der Waals surface area contributed by atoms with Crippen LogP contribution in [0.1, 0.15) is 23.2 Å². The molecule has 1 aliphatic carbocycles. The molecule has 1 aromatic rings. The van der Waals surface area contributed by atoms with Crippen molar-refractivity contribution < 1.29 is 19.4 Å². The summed E-state index contributed by atoms with van der Waals surface area (Å²) in [4.78, 5) is 22.6. The molecule has 6 nitrogen and oxygen atoms in total. The van der Waals surface area contributed by atoms with Crippen LogP contribution in [-0.4, -0.2) is 36.9 Å². The smallest absolute Gasteiger partial charge is 0.337 e. The minimum Gasteiger partial charge on any atom is -0.478 e. The van der Waals surface area contributed by atoms with Crippen molar-refractivity contribution in [1.29, 1.82) is 0 Å². The van der Waals surface area contributed by atoms with Crippen molar-refractivity contribution in [2.24, 2.45) is 5.92 Å². The van der Waals surface area contributed by atoms with E-state index >= 15 is 0 Å². The fourth-order valence-electron chi connectivity index (χ4n) is 1.71. The summed E-state index contributed by atoms with van der Waals surface area (Å²) >= 11 is 5.75. The monoisotopic (exact) mass is 312 g/mol. The fraction of sp³-hybridized carbons (Fsp3) is 0.429. The second-order valence-electron chi connectivity index (χ2n) is 4.90. The highest BCUT2D eigenvalue weighted by molar-refractivity contribution is 6.33. The maximum Gasteiger partial charge on any atom is 0.337 e. The van der Waals surface area contributed by atoms with Crippen molar-refractivity contribution in [3.8, 4) is 0 Å². The average molecular weight is 313 g/mol. The molecule has 0 aromatic heterocycles. The van der Waals surface area contributed by atoms with Crippen LogP contribution in [0.3, 0.4) is 0 Å². The molecule has 0 atom stereocenters. The van der Waals surface area contributed by atoms with Gasteiger partial charge in [0.25, 0.3) is 0 Å². The molecule has 21 heavy (non-hydrogen) atoms. The highest BCUT2D eigenvalue weighted by Gasteiger charge is 2.20. The third-order valence-electron chi connectivity index (χ3n) is 3.04. The number of halogens is 1. The minimum atomic E-state index is -1.14. The molecule has 2 amide bonds. The average Bonchev–Trinajstić information content (AvgIpc) is 3.24. The lowest BCUT2D eigenvalue weighted by atomic mass is 10.2. The standard InChI is InChI=1S/C14H17ClN2O4/c15-12-4-3-10(7-11(12)13(18)19)17-14(20)16-5-6-21-8-9-1-2-9/h3-4,7,9H,1-2,5-6,8H2,(H,18,19)(H2,16,17,20). The number of carboxylic acid groups (broad SMARTS) is 1. The molecule has 0 heterocycles. The van der Waals surface area contributed by atoms with E-state index in [1.165, 1.54) is 31.0 Å². The number of rotatable bonds is 7. The van der Waals surface area contributed by atoms with E-state index < -0.39 is 12.0 Å². The van der Waals surface area contributed by atoms with Crippen molar-refractivity contribution in [3.05, 3.63) is 28.8 Å². The maximum atomic E-state index is 11.6. The molecule has 2 rings (SSSR count). The van der Waals surface area contributed by atoms with Gasteiger partial charge in [-0.1, -0.05) is 11.6 Å². The van der Waals surface area contributed by atoms with Gasteiger partial charge in [0.2, 0.25) is 0 Å². The number of carboxylic acids is 1. The van der Waals surface area contributed by atoms with E-state index in [0.717, 1.165) is 6.61 Å². The van der Waals surface area contributed by atoms with Crippen LogP contribution in [0.15, 0.2) is 18.2 Å². The molecule has 1 fully saturated rings. The molecule has 114 valence electrons. The number of benzene rings is 1. The third kappa shape index (κ3) is 5.24. The predicted octanol–water partition coefficient (Wildman–Crippen LogP) is 2.59. The van der Waals surface area contributed by atoms with E-state index in [1.807, 2.05) is 0 Å². The van der Waals surface area contributed by atoms with Gasteiger partial charge in [-0.25, -0.2) is 9.59 Å². The molecule has 0 aliphatic heterocycles. The van der Waals surface area contributed by atoms with Gasteiger partial charge in [0.05, 0.1) is 17.2 Å². The first-order valence-electron chi connectivity index (χ1n) is 6.71. The number of anilines is 1. The molecule has 0 unspecified atom stereocenters. The Bertz CT molecular complexity index is 532. The van der Waals surface area contributed by atoms with Crippen molar-refractivity contribution in [2.75, 3.05) is 25.1 Å². The van der Waals surface area contributed by atoms with Crippen molar-refractivity contribution >= 4 is 29.3 Å². The van der Waals surface area contributed by atoms with Crippen LogP contribution in [0.5, 0.6) is 0 Å². The summed E-state index contributed by atoms with van der Waals surface area (Å²) in [6.45, 7) is 1.62. The SMILES string of the molecule is O=C(NCCOCC1CC1)Nc1ccc(Cl)c(C(=O)O)c1. The lowest BCUT2D eigenvalue weighted by molar-refractivity contribution is 0.0697. The molecular formula is C14H17ClN2O4. The summed E-state index contributed by atoms with van der Waals surface area (Å²) in [5.74, 6) is -0.445. The number of carbonyl (C=O) groups is 2. The highest BCUT2D eigenvalue weighted by atomic mass is 35.5. The molecule has 1 aromatic carbocycles. The molecular weight excluding hydrogens is 296 g/mol. The summed E-state index contributed by atoms with van der Waals surface area (Å²) < 4.78 is 5.39. The van der Waals surface area contributed by atoms with Crippen molar-refractivity contribution in [2.45, 2.75) is 12.8 Å². The first-order chi connectivity index (χ1) is 10.1. The first-order valence-corrected chi connectivity index (χ1v) is 7.09. The summed E-state index contributed by atoms with van der Waals surface area (Å²) in [6.07, 6.45) is 2.47. The second kappa shape index (κ2) is 7.28. The van der Waals surface area contributed by atoms with Crippen LogP contribution in [-0.2, 0) is 4.74 Å². The highest BCUT2D eigenvalue weighted by Crippen LogP contribution is 2.28. The van der Waals surface area contributed by atoms with Gasteiger partial charge >= 0.3 is 12.0 Å². The summed E-state index contributed by atoms with van der Waals surface area (Å²) in [6, 6.07) is 3.87. The van der Waals surface area contributed by atoms with Gasteiger partial charge in [-0.05, 0) is 37.0 Å². The molecule has 0 radical (unpaired) electrons. The molecule has 0 saturated heterocycles. The summed E-state index contributed by atoms with van der Waals surface area (Å²) in [5, 5.41) is 14.3. The molecule has 3 N–H and O–H groups in total. The van der Waals surface area contributed by atoms with E-state index in [-0.39, 0.29) is 10.6 Å².